The number of aromatic nitrogens is 3. The molecule has 1 aliphatic rings. The molecule has 170 valence electrons. The fourth-order valence-electron chi connectivity index (χ4n) is 3.03. The number of rotatable bonds is 5. The number of ether oxygens (including phenoxy) is 3. The number of halogens is 2. The first-order chi connectivity index (χ1) is 15.5. The molecule has 0 atom stereocenters. The van der Waals surface area contributed by atoms with Crippen molar-refractivity contribution in [3.05, 3.63) is 46.8 Å². The first-order valence-electron chi connectivity index (χ1n) is 10.0. The predicted molar refractivity (Wildman–Crippen MR) is 127 cm³/mol. The number of pyridine rings is 1. The van der Waals surface area contributed by atoms with E-state index in [2.05, 4.69) is 20.3 Å². The standard InChI is InChI=1S/C17H15Cl2N5O2.C5H10O/c1-25-11-7-12(26-2)15(19)16(14(11)18)24-17-9(4-3-5-21-17)10-6-13(20)23-8-22-10;1-2-4-6-5-3-1/h3-8H,1-2H3,(H,21,24)(H2,20,22,23);1-5H2. The summed E-state index contributed by atoms with van der Waals surface area (Å²) >= 11 is 12.8. The van der Waals surface area contributed by atoms with E-state index in [9.17, 15) is 0 Å². The number of anilines is 3. The lowest BCUT2D eigenvalue weighted by atomic mass is 10.1. The fourth-order valence-corrected chi connectivity index (χ4v) is 3.63. The number of nitrogen functional groups attached to an aromatic ring is 1. The molecule has 4 rings (SSSR count). The van der Waals surface area contributed by atoms with Gasteiger partial charge in [-0.25, -0.2) is 15.0 Å². The molecule has 1 fully saturated rings. The lowest BCUT2D eigenvalue weighted by Crippen LogP contribution is -2.03. The van der Waals surface area contributed by atoms with Gasteiger partial charge >= 0.3 is 0 Å². The van der Waals surface area contributed by atoms with Crippen molar-refractivity contribution >= 4 is 40.5 Å². The van der Waals surface area contributed by atoms with E-state index in [1.165, 1.54) is 39.8 Å². The molecule has 1 aliphatic heterocycles. The average Bonchev–Trinajstić information content (AvgIpc) is 2.84. The number of hydrogen-bond acceptors (Lipinski definition) is 8. The number of nitrogens with one attached hydrogen (secondary N) is 1. The Labute approximate surface area is 197 Å². The zero-order valence-electron chi connectivity index (χ0n) is 17.9. The van der Waals surface area contributed by atoms with E-state index < -0.39 is 0 Å². The first kappa shape index (κ1) is 23.8. The van der Waals surface area contributed by atoms with Gasteiger partial charge in [0.25, 0.3) is 0 Å². The normalized spacial score (nSPS) is 13.0. The van der Waals surface area contributed by atoms with Crippen LogP contribution in [-0.4, -0.2) is 42.4 Å². The predicted octanol–water partition coefficient (Wildman–Crippen LogP) is 5.38. The summed E-state index contributed by atoms with van der Waals surface area (Å²) in [5.74, 6) is 1.67. The molecule has 0 unspecified atom stereocenters. The van der Waals surface area contributed by atoms with Crippen LogP contribution in [0.4, 0.5) is 17.3 Å². The summed E-state index contributed by atoms with van der Waals surface area (Å²) in [6.45, 7) is 2.00. The fraction of sp³-hybridized carbons (Fsp3) is 0.318. The molecule has 1 aromatic carbocycles. The summed E-state index contributed by atoms with van der Waals surface area (Å²) in [5.41, 5.74) is 7.48. The quantitative estimate of drug-likeness (QED) is 0.504. The number of methoxy groups -OCH3 is 2. The number of nitrogens with zero attached hydrogens (tertiary/aromatic N) is 3. The highest BCUT2D eigenvalue weighted by molar-refractivity contribution is 6.41. The average molecular weight is 478 g/mol. The largest absolute Gasteiger partial charge is 0.495 e. The summed E-state index contributed by atoms with van der Waals surface area (Å²) in [7, 11) is 3.02. The third-order valence-electron chi connectivity index (χ3n) is 4.67. The number of nitrogens with two attached hydrogens (primary N) is 1. The second-order valence-electron chi connectivity index (χ2n) is 6.81. The molecule has 0 spiro atoms. The number of benzene rings is 1. The minimum Gasteiger partial charge on any atom is -0.495 e. The van der Waals surface area contributed by atoms with E-state index in [-0.39, 0.29) is 0 Å². The van der Waals surface area contributed by atoms with Crippen LogP contribution in [0.3, 0.4) is 0 Å². The van der Waals surface area contributed by atoms with Crippen LogP contribution in [-0.2, 0) is 4.74 Å². The van der Waals surface area contributed by atoms with Crippen LogP contribution in [0.2, 0.25) is 10.0 Å². The lowest BCUT2D eigenvalue weighted by molar-refractivity contribution is 0.0968. The van der Waals surface area contributed by atoms with E-state index >= 15 is 0 Å². The van der Waals surface area contributed by atoms with Crippen LogP contribution in [0.1, 0.15) is 19.3 Å². The Morgan fingerprint density at radius 1 is 0.969 bits per heavy atom. The maximum atomic E-state index is 6.42. The van der Waals surface area contributed by atoms with Crippen LogP contribution in [0, 0.1) is 0 Å². The summed E-state index contributed by atoms with van der Waals surface area (Å²) in [6, 6.07) is 6.89. The molecule has 32 heavy (non-hydrogen) atoms. The van der Waals surface area contributed by atoms with Gasteiger partial charge in [-0.2, -0.15) is 0 Å². The van der Waals surface area contributed by atoms with Gasteiger partial charge in [-0.1, -0.05) is 23.2 Å². The van der Waals surface area contributed by atoms with Gasteiger partial charge in [0.15, 0.2) is 0 Å². The molecule has 0 bridgehead atoms. The molecule has 8 nitrogen and oxygen atoms in total. The van der Waals surface area contributed by atoms with Crippen molar-refractivity contribution in [2.45, 2.75) is 19.3 Å². The van der Waals surface area contributed by atoms with Gasteiger partial charge in [0.05, 0.1) is 25.6 Å². The maximum absolute atomic E-state index is 6.42. The Morgan fingerprint density at radius 3 is 2.19 bits per heavy atom. The molecule has 3 aromatic rings. The van der Waals surface area contributed by atoms with E-state index in [1.54, 1.807) is 24.4 Å². The van der Waals surface area contributed by atoms with Gasteiger partial charge in [-0.15, -0.1) is 0 Å². The van der Waals surface area contributed by atoms with Gasteiger partial charge in [-0.05, 0) is 31.4 Å². The van der Waals surface area contributed by atoms with Crippen LogP contribution >= 0.6 is 23.2 Å². The van der Waals surface area contributed by atoms with E-state index in [0.29, 0.717) is 50.1 Å². The molecule has 2 aromatic heterocycles. The van der Waals surface area contributed by atoms with Crippen molar-refractivity contribution in [3.63, 3.8) is 0 Å². The second-order valence-corrected chi connectivity index (χ2v) is 7.57. The van der Waals surface area contributed by atoms with Gasteiger partial charge in [0.1, 0.15) is 39.5 Å². The minimum absolute atomic E-state index is 0.303. The Balaban J connectivity index is 0.000000416. The maximum Gasteiger partial charge on any atom is 0.143 e. The van der Waals surface area contributed by atoms with Crippen molar-refractivity contribution in [3.8, 4) is 22.8 Å². The molecule has 1 saturated heterocycles. The van der Waals surface area contributed by atoms with Gasteiger partial charge < -0.3 is 25.3 Å². The van der Waals surface area contributed by atoms with Gasteiger partial charge in [0, 0.05) is 37.1 Å². The van der Waals surface area contributed by atoms with Gasteiger partial charge in [-0.3, -0.25) is 0 Å². The molecule has 3 heterocycles. The third kappa shape index (κ3) is 5.91. The Kier molecular flexibility index (Phi) is 8.72. The second kappa shape index (κ2) is 11.7. The van der Waals surface area contributed by atoms with Crippen molar-refractivity contribution in [2.75, 3.05) is 38.5 Å². The van der Waals surface area contributed by atoms with Crippen LogP contribution in [0.25, 0.3) is 11.3 Å². The minimum atomic E-state index is 0.303. The summed E-state index contributed by atoms with van der Waals surface area (Å²) < 4.78 is 15.6. The zero-order valence-corrected chi connectivity index (χ0v) is 19.4. The van der Waals surface area contributed by atoms with E-state index in [1.807, 2.05) is 6.07 Å². The van der Waals surface area contributed by atoms with Crippen molar-refractivity contribution in [2.24, 2.45) is 0 Å². The smallest absolute Gasteiger partial charge is 0.143 e. The Hall–Kier alpha value is -2.81. The monoisotopic (exact) mass is 477 g/mol. The summed E-state index contributed by atoms with van der Waals surface area (Å²) in [4.78, 5) is 12.5. The summed E-state index contributed by atoms with van der Waals surface area (Å²) in [5, 5.41) is 3.75. The molecule has 3 N–H and O–H groups in total. The molecule has 0 radical (unpaired) electrons. The molecule has 10 heteroatoms. The zero-order chi connectivity index (χ0) is 22.9. The molecular weight excluding hydrogens is 453 g/mol. The van der Waals surface area contributed by atoms with Crippen LogP contribution in [0.15, 0.2) is 36.8 Å². The Morgan fingerprint density at radius 2 is 1.66 bits per heavy atom. The van der Waals surface area contributed by atoms with Crippen molar-refractivity contribution < 1.29 is 14.2 Å². The highest BCUT2D eigenvalue weighted by Crippen LogP contribution is 2.45. The molecule has 0 saturated carbocycles. The Bertz CT molecular complexity index is 1010. The molecular formula is C22H25Cl2N5O3. The topological polar surface area (TPSA) is 104 Å². The lowest BCUT2D eigenvalue weighted by Gasteiger charge is -2.17. The SMILES string of the molecule is C1CCOCC1.COc1cc(OC)c(Cl)c(Nc2ncccc2-c2cc(N)ncn2)c1Cl. The van der Waals surface area contributed by atoms with Crippen LogP contribution in [0.5, 0.6) is 11.5 Å². The van der Waals surface area contributed by atoms with Crippen molar-refractivity contribution in [1.29, 1.82) is 0 Å². The number of hydrogen-bond donors (Lipinski definition) is 2. The first-order valence-corrected chi connectivity index (χ1v) is 10.8. The van der Waals surface area contributed by atoms with E-state index in [4.69, 9.17) is 43.1 Å². The summed E-state index contributed by atoms with van der Waals surface area (Å²) in [6.07, 6.45) is 6.95. The van der Waals surface area contributed by atoms with Gasteiger partial charge in [0.2, 0.25) is 0 Å². The van der Waals surface area contributed by atoms with Crippen molar-refractivity contribution in [1.82, 2.24) is 15.0 Å². The molecule has 0 aliphatic carbocycles. The third-order valence-corrected chi connectivity index (χ3v) is 5.42. The van der Waals surface area contributed by atoms with E-state index in [0.717, 1.165) is 13.2 Å². The molecule has 0 amide bonds. The highest BCUT2D eigenvalue weighted by atomic mass is 35.5. The highest BCUT2D eigenvalue weighted by Gasteiger charge is 2.19. The van der Waals surface area contributed by atoms with Crippen LogP contribution < -0.4 is 20.5 Å².